The molecule has 28 heavy (non-hydrogen) atoms. The van der Waals surface area contributed by atoms with E-state index in [4.69, 9.17) is 9.51 Å². The summed E-state index contributed by atoms with van der Waals surface area (Å²) < 4.78 is 7.40. The van der Waals surface area contributed by atoms with Gasteiger partial charge in [0, 0.05) is 31.1 Å². The maximum absolute atomic E-state index is 13.6. The first-order valence-electron chi connectivity index (χ1n) is 10.2. The monoisotopic (exact) mass is 378 g/mol. The zero-order valence-corrected chi connectivity index (χ0v) is 15.9. The number of nitrogens with zero attached hydrogens (tertiary/aromatic N) is 6. The molecule has 6 rings (SSSR count). The highest BCUT2D eigenvalue weighted by Crippen LogP contribution is 2.38. The first kappa shape index (κ1) is 16.2. The predicted molar refractivity (Wildman–Crippen MR) is 100 cm³/mol. The number of aryl methyl sites for hydroxylation is 2. The van der Waals surface area contributed by atoms with Gasteiger partial charge in [-0.05, 0) is 44.6 Å². The summed E-state index contributed by atoms with van der Waals surface area (Å²) in [4.78, 5) is 24.9. The minimum absolute atomic E-state index is 0.0602. The molecule has 1 amide bonds. The van der Waals surface area contributed by atoms with Crippen LogP contribution in [0.1, 0.15) is 64.1 Å². The van der Waals surface area contributed by atoms with E-state index in [1.807, 2.05) is 16.5 Å². The molecule has 0 unspecified atom stereocenters. The topological polar surface area (TPSA) is 89.9 Å². The van der Waals surface area contributed by atoms with Crippen molar-refractivity contribution in [2.75, 3.05) is 13.1 Å². The minimum Gasteiger partial charge on any atom is -0.336 e. The lowest BCUT2D eigenvalue weighted by atomic mass is 10.0. The molecule has 0 saturated heterocycles. The molecule has 0 N–H and O–H groups in total. The SMILES string of the molecule is Cc1noc2nc3c(c(C(=O)N4CCc5nc(C6CC6)nn5CC4)c12)CCC3. The van der Waals surface area contributed by atoms with Crippen LogP contribution in [0.15, 0.2) is 4.52 Å². The molecular formula is C20H22N6O2. The molecule has 0 atom stereocenters. The van der Waals surface area contributed by atoms with Gasteiger partial charge in [-0.2, -0.15) is 5.10 Å². The highest BCUT2D eigenvalue weighted by Gasteiger charge is 2.32. The zero-order valence-electron chi connectivity index (χ0n) is 15.9. The van der Waals surface area contributed by atoms with E-state index in [0.717, 1.165) is 65.2 Å². The molecule has 3 aliphatic rings. The fraction of sp³-hybridized carbons (Fsp3) is 0.550. The van der Waals surface area contributed by atoms with Gasteiger partial charge in [-0.15, -0.1) is 0 Å². The highest BCUT2D eigenvalue weighted by molar-refractivity contribution is 6.07. The normalized spacial score (nSPS) is 19.0. The Morgan fingerprint density at radius 2 is 2.00 bits per heavy atom. The van der Waals surface area contributed by atoms with Crippen LogP contribution in [0.25, 0.3) is 11.1 Å². The van der Waals surface area contributed by atoms with Crippen molar-refractivity contribution in [2.24, 2.45) is 0 Å². The Morgan fingerprint density at radius 1 is 1.11 bits per heavy atom. The number of carbonyl (C=O) groups excluding carboxylic acids is 1. The average molecular weight is 378 g/mol. The quantitative estimate of drug-likeness (QED) is 0.679. The van der Waals surface area contributed by atoms with Gasteiger partial charge in [0.25, 0.3) is 11.6 Å². The second kappa shape index (κ2) is 5.86. The predicted octanol–water partition coefficient (Wildman–Crippen LogP) is 2.19. The summed E-state index contributed by atoms with van der Waals surface area (Å²) in [6.45, 7) is 3.87. The van der Waals surface area contributed by atoms with Crippen molar-refractivity contribution in [3.05, 3.63) is 34.2 Å². The summed E-state index contributed by atoms with van der Waals surface area (Å²) >= 11 is 0. The third-order valence-corrected chi connectivity index (χ3v) is 6.22. The molecule has 0 radical (unpaired) electrons. The standard InChI is InChI=1S/C20H22N6O2/c1-11-16-17(13-3-2-4-14(13)21-19(16)28-24-11)20(27)25-8-7-15-22-18(12-5-6-12)23-26(15)10-9-25/h12H,2-10H2,1H3. The molecule has 3 aromatic rings. The van der Waals surface area contributed by atoms with E-state index in [2.05, 4.69) is 15.2 Å². The van der Waals surface area contributed by atoms with E-state index in [-0.39, 0.29) is 5.91 Å². The lowest BCUT2D eigenvalue weighted by Crippen LogP contribution is -2.34. The van der Waals surface area contributed by atoms with Crippen molar-refractivity contribution < 1.29 is 9.32 Å². The third kappa shape index (κ3) is 2.40. The molecule has 1 saturated carbocycles. The fourth-order valence-corrected chi connectivity index (χ4v) is 4.55. The number of carbonyl (C=O) groups is 1. The first-order valence-corrected chi connectivity index (χ1v) is 10.2. The number of amides is 1. The van der Waals surface area contributed by atoms with Crippen LogP contribution in [0.4, 0.5) is 0 Å². The maximum Gasteiger partial charge on any atom is 0.259 e. The molecule has 8 heteroatoms. The molecule has 0 bridgehead atoms. The van der Waals surface area contributed by atoms with Gasteiger partial charge in [-0.3, -0.25) is 4.79 Å². The molecule has 1 aliphatic heterocycles. The van der Waals surface area contributed by atoms with Crippen LogP contribution < -0.4 is 0 Å². The Hall–Kier alpha value is -2.77. The van der Waals surface area contributed by atoms with Gasteiger partial charge in [0.2, 0.25) is 0 Å². The van der Waals surface area contributed by atoms with Crippen molar-refractivity contribution in [1.29, 1.82) is 0 Å². The van der Waals surface area contributed by atoms with E-state index in [9.17, 15) is 4.79 Å². The summed E-state index contributed by atoms with van der Waals surface area (Å²) in [6.07, 6.45) is 5.97. The van der Waals surface area contributed by atoms with Gasteiger partial charge in [0.15, 0.2) is 5.82 Å². The van der Waals surface area contributed by atoms with Crippen molar-refractivity contribution in [2.45, 2.75) is 57.9 Å². The average Bonchev–Trinajstić information content (AvgIpc) is 3.22. The largest absolute Gasteiger partial charge is 0.336 e. The highest BCUT2D eigenvalue weighted by atomic mass is 16.5. The molecule has 3 aromatic heterocycles. The van der Waals surface area contributed by atoms with Crippen molar-refractivity contribution in [1.82, 2.24) is 29.8 Å². The fourth-order valence-electron chi connectivity index (χ4n) is 4.55. The van der Waals surface area contributed by atoms with Gasteiger partial charge in [-0.1, -0.05) is 5.16 Å². The minimum atomic E-state index is 0.0602. The summed E-state index contributed by atoms with van der Waals surface area (Å²) in [6, 6.07) is 0. The number of hydrogen-bond donors (Lipinski definition) is 0. The number of pyridine rings is 1. The van der Waals surface area contributed by atoms with E-state index in [1.54, 1.807) is 0 Å². The molecule has 0 spiro atoms. The molecule has 1 fully saturated rings. The van der Waals surface area contributed by atoms with Crippen LogP contribution in [0.3, 0.4) is 0 Å². The lowest BCUT2D eigenvalue weighted by Gasteiger charge is -2.22. The van der Waals surface area contributed by atoms with E-state index < -0.39 is 0 Å². The Labute approximate surface area is 161 Å². The number of aromatic nitrogens is 5. The van der Waals surface area contributed by atoms with Crippen LogP contribution in [0.5, 0.6) is 0 Å². The van der Waals surface area contributed by atoms with Crippen molar-refractivity contribution >= 4 is 17.0 Å². The first-order chi connectivity index (χ1) is 13.7. The molecule has 144 valence electrons. The van der Waals surface area contributed by atoms with Crippen LogP contribution in [-0.2, 0) is 25.8 Å². The van der Waals surface area contributed by atoms with Gasteiger partial charge in [-0.25, -0.2) is 14.6 Å². The van der Waals surface area contributed by atoms with E-state index in [0.29, 0.717) is 31.3 Å². The van der Waals surface area contributed by atoms with E-state index in [1.165, 1.54) is 12.8 Å². The summed E-state index contributed by atoms with van der Waals surface area (Å²) in [5, 5.41) is 9.53. The van der Waals surface area contributed by atoms with Crippen molar-refractivity contribution in [3.8, 4) is 0 Å². The van der Waals surface area contributed by atoms with Crippen LogP contribution in [0, 0.1) is 6.92 Å². The summed E-state index contributed by atoms with van der Waals surface area (Å²) in [5.41, 5.74) is 4.05. The molecule has 4 heterocycles. The summed E-state index contributed by atoms with van der Waals surface area (Å²) in [7, 11) is 0. The van der Waals surface area contributed by atoms with Crippen LogP contribution in [0.2, 0.25) is 0 Å². The second-order valence-corrected chi connectivity index (χ2v) is 8.14. The van der Waals surface area contributed by atoms with Gasteiger partial charge in [0.1, 0.15) is 5.82 Å². The Kier molecular flexibility index (Phi) is 3.39. The Balaban J connectivity index is 1.34. The smallest absolute Gasteiger partial charge is 0.259 e. The van der Waals surface area contributed by atoms with Crippen molar-refractivity contribution in [3.63, 3.8) is 0 Å². The van der Waals surface area contributed by atoms with Crippen LogP contribution in [-0.4, -0.2) is 48.8 Å². The Morgan fingerprint density at radius 3 is 2.86 bits per heavy atom. The molecule has 2 aliphatic carbocycles. The molecule has 8 nitrogen and oxygen atoms in total. The lowest BCUT2D eigenvalue weighted by molar-refractivity contribution is 0.0759. The van der Waals surface area contributed by atoms with Gasteiger partial charge >= 0.3 is 0 Å². The van der Waals surface area contributed by atoms with Gasteiger partial charge in [0.05, 0.1) is 23.2 Å². The van der Waals surface area contributed by atoms with Crippen LogP contribution >= 0.6 is 0 Å². The van der Waals surface area contributed by atoms with E-state index >= 15 is 0 Å². The molecular weight excluding hydrogens is 356 g/mol. The number of fused-ring (bicyclic) bond motifs is 3. The maximum atomic E-state index is 13.6. The Bertz CT molecular complexity index is 1080. The zero-order chi connectivity index (χ0) is 18.8. The number of rotatable bonds is 2. The molecule has 0 aromatic carbocycles. The summed E-state index contributed by atoms with van der Waals surface area (Å²) in [5.74, 6) is 2.61. The second-order valence-electron chi connectivity index (χ2n) is 8.14. The third-order valence-electron chi connectivity index (χ3n) is 6.22. The van der Waals surface area contributed by atoms with Gasteiger partial charge < -0.3 is 9.42 Å². The number of hydrogen-bond acceptors (Lipinski definition) is 6.